The van der Waals surface area contributed by atoms with E-state index in [9.17, 15) is 9.59 Å². The maximum absolute atomic E-state index is 11.8. The van der Waals surface area contributed by atoms with Gasteiger partial charge in [-0.1, -0.05) is 89.3 Å². The molecule has 1 aromatic rings. The Hall–Kier alpha value is -1.84. The molecule has 0 unspecified atom stereocenters. The maximum atomic E-state index is 11.8. The molecule has 0 bridgehead atoms. The van der Waals surface area contributed by atoms with Crippen LogP contribution < -0.4 is 4.74 Å². The molecule has 0 aliphatic carbocycles. The molecule has 0 spiro atoms. The van der Waals surface area contributed by atoms with E-state index in [-0.39, 0.29) is 24.8 Å². The Balaban J connectivity index is 1.90. The summed E-state index contributed by atoms with van der Waals surface area (Å²) < 4.78 is 10.6. The number of aryl methyl sites for hydroxylation is 1. The van der Waals surface area contributed by atoms with E-state index in [1.54, 1.807) is 6.07 Å². The molecule has 0 saturated carbocycles. The number of unbranched alkanes of at least 4 members (excludes halogenated alkanes) is 10. The van der Waals surface area contributed by atoms with Gasteiger partial charge in [0.1, 0.15) is 5.75 Å². The Morgan fingerprint density at radius 1 is 0.724 bits per heavy atom. The smallest absolute Gasteiger partial charge is 0.311 e. The number of para-hydroxylation sites is 1. The van der Waals surface area contributed by atoms with Gasteiger partial charge in [0.2, 0.25) is 0 Å². The van der Waals surface area contributed by atoms with Crippen LogP contribution in [0.4, 0.5) is 0 Å². The third-order valence-corrected chi connectivity index (χ3v) is 5.09. The zero-order valence-corrected chi connectivity index (χ0v) is 18.5. The van der Waals surface area contributed by atoms with Crippen LogP contribution in [0.15, 0.2) is 24.3 Å². The summed E-state index contributed by atoms with van der Waals surface area (Å²) in [6.07, 6.45) is 15.0. The topological polar surface area (TPSA) is 52.6 Å². The zero-order valence-electron chi connectivity index (χ0n) is 18.5. The quantitative estimate of drug-likeness (QED) is 0.160. The van der Waals surface area contributed by atoms with Crippen molar-refractivity contribution in [3.8, 4) is 5.75 Å². The summed E-state index contributed by atoms with van der Waals surface area (Å²) in [5.41, 5.74) is 0.923. The summed E-state index contributed by atoms with van der Waals surface area (Å²) in [6.45, 7) is 4.64. The highest BCUT2D eigenvalue weighted by atomic mass is 16.5. The van der Waals surface area contributed by atoms with E-state index in [1.165, 1.54) is 57.8 Å². The van der Waals surface area contributed by atoms with Crippen molar-refractivity contribution in [2.45, 2.75) is 104 Å². The fourth-order valence-corrected chi connectivity index (χ4v) is 3.25. The number of ether oxygens (including phenoxy) is 2. The standard InChI is InChI=1S/C25H40O4/c1-3-4-5-6-7-8-9-10-11-12-15-21-28-24(26)19-16-20-25(27)29-23-18-14-13-17-22(23)2/h13-14,17-18H,3-12,15-16,19-21H2,1-2H3. The molecule has 0 aromatic heterocycles. The van der Waals surface area contributed by atoms with Crippen molar-refractivity contribution in [1.82, 2.24) is 0 Å². The zero-order chi connectivity index (χ0) is 21.2. The number of carbonyl (C=O) groups excluding carboxylic acids is 2. The molecule has 0 amide bonds. The minimum Gasteiger partial charge on any atom is -0.466 e. The van der Waals surface area contributed by atoms with Crippen LogP contribution in [0.25, 0.3) is 0 Å². The van der Waals surface area contributed by atoms with Gasteiger partial charge < -0.3 is 9.47 Å². The molecule has 0 saturated heterocycles. The first-order valence-electron chi connectivity index (χ1n) is 11.6. The predicted octanol–water partition coefficient (Wildman–Crippen LogP) is 6.92. The second-order valence-electron chi connectivity index (χ2n) is 7.85. The van der Waals surface area contributed by atoms with E-state index in [0.29, 0.717) is 18.8 Å². The average Bonchev–Trinajstić information content (AvgIpc) is 2.70. The lowest BCUT2D eigenvalue weighted by Gasteiger charge is -2.07. The van der Waals surface area contributed by atoms with Crippen molar-refractivity contribution in [1.29, 1.82) is 0 Å². The molecular formula is C25H40O4. The third-order valence-electron chi connectivity index (χ3n) is 5.09. The van der Waals surface area contributed by atoms with Gasteiger partial charge in [0.15, 0.2) is 0 Å². The van der Waals surface area contributed by atoms with Crippen LogP contribution in [0, 0.1) is 6.92 Å². The first-order chi connectivity index (χ1) is 14.1. The van der Waals surface area contributed by atoms with Gasteiger partial charge in [0.05, 0.1) is 6.61 Å². The van der Waals surface area contributed by atoms with Gasteiger partial charge in [-0.2, -0.15) is 0 Å². The van der Waals surface area contributed by atoms with Crippen LogP contribution in [0.5, 0.6) is 5.75 Å². The summed E-state index contributed by atoms with van der Waals surface area (Å²) >= 11 is 0. The van der Waals surface area contributed by atoms with Crippen LogP contribution in [-0.4, -0.2) is 18.5 Å². The third kappa shape index (κ3) is 13.9. The van der Waals surface area contributed by atoms with Crippen molar-refractivity contribution in [2.24, 2.45) is 0 Å². The van der Waals surface area contributed by atoms with Crippen molar-refractivity contribution in [2.75, 3.05) is 6.61 Å². The number of benzene rings is 1. The first kappa shape index (κ1) is 25.2. The number of esters is 2. The van der Waals surface area contributed by atoms with Gasteiger partial charge in [-0.05, 0) is 31.4 Å². The highest BCUT2D eigenvalue weighted by Gasteiger charge is 2.09. The largest absolute Gasteiger partial charge is 0.466 e. The lowest BCUT2D eigenvalue weighted by atomic mass is 10.1. The van der Waals surface area contributed by atoms with Gasteiger partial charge in [-0.3, -0.25) is 9.59 Å². The van der Waals surface area contributed by atoms with E-state index in [2.05, 4.69) is 6.92 Å². The molecule has 0 heterocycles. The van der Waals surface area contributed by atoms with Crippen LogP contribution in [0.1, 0.15) is 102 Å². The molecule has 164 valence electrons. The number of carbonyl (C=O) groups is 2. The fraction of sp³-hybridized carbons (Fsp3) is 0.680. The van der Waals surface area contributed by atoms with Crippen molar-refractivity contribution in [3.63, 3.8) is 0 Å². The second kappa shape index (κ2) is 17.1. The number of hydrogen-bond acceptors (Lipinski definition) is 4. The van der Waals surface area contributed by atoms with E-state index in [1.807, 2.05) is 25.1 Å². The van der Waals surface area contributed by atoms with E-state index >= 15 is 0 Å². The number of rotatable bonds is 17. The summed E-state index contributed by atoms with van der Waals surface area (Å²) in [5.74, 6) is 0.0507. The monoisotopic (exact) mass is 404 g/mol. The van der Waals surface area contributed by atoms with Crippen LogP contribution in [0.2, 0.25) is 0 Å². The molecule has 29 heavy (non-hydrogen) atoms. The molecule has 4 nitrogen and oxygen atoms in total. The first-order valence-corrected chi connectivity index (χ1v) is 11.6. The molecule has 1 rings (SSSR count). The van der Waals surface area contributed by atoms with E-state index in [4.69, 9.17) is 9.47 Å². The Morgan fingerprint density at radius 3 is 1.90 bits per heavy atom. The van der Waals surface area contributed by atoms with Crippen LogP contribution in [0.3, 0.4) is 0 Å². The van der Waals surface area contributed by atoms with E-state index in [0.717, 1.165) is 18.4 Å². The Labute approximate surface area is 177 Å². The van der Waals surface area contributed by atoms with Gasteiger partial charge in [0, 0.05) is 12.8 Å². The van der Waals surface area contributed by atoms with Gasteiger partial charge in [0.25, 0.3) is 0 Å². The van der Waals surface area contributed by atoms with Gasteiger partial charge in [-0.15, -0.1) is 0 Å². The summed E-state index contributed by atoms with van der Waals surface area (Å²) in [4.78, 5) is 23.6. The summed E-state index contributed by atoms with van der Waals surface area (Å²) in [6, 6.07) is 7.41. The minimum absolute atomic E-state index is 0.222. The highest BCUT2D eigenvalue weighted by Crippen LogP contribution is 2.17. The average molecular weight is 405 g/mol. The van der Waals surface area contributed by atoms with Gasteiger partial charge in [-0.25, -0.2) is 0 Å². The molecule has 0 fully saturated rings. The molecule has 0 aliphatic rings. The van der Waals surface area contributed by atoms with Gasteiger partial charge >= 0.3 is 11.9 Å². The molecule has 0 N–H and O–H groups in total. The minimum atomic E-state index is -0.308. The van der Waals surface area contributed by atoms with Crippen molar-refractivity contribution in [3.05, 3.63) is 29.8 Å². The number of hydrogen-bond donors (Lipinski definition) is 0. The second-order valence-corrected chi connectivity index (χ2v) is 7.85. The lowest BCUT2D eigenvalue weighted by molar-refractivity contribution is -0.144. The molecule has 0 aliphatic heterocycles. The predicted molar refractivity (Wildman–Crippen MR) is 118 cm³/mol. The van der Waals surface area contributed by atoms with Crippen LogP contribution in [-0.2, 0) is 14.3 Å². The molecule has 1 aromatic carbocycles. The van der Waals surface area contributed by atoms with Crippen LogP contribution >= 0.6 is 0 Å². The Morgan fingerprint density at radius 2 is 1.28 bits per heavy atom. The molecule has 4 heteroatoms. The maximum Gasteiger partial charge on any atom is 0.311 e. The summed E-state index contributed by atoms with van der Waals surface area (Å²) in [7, 11) is 0. The molecule has 0 atom stereocenters. The SMILES string of the molecule is CCCCCCCCCCCCCOC(=O)CCCC(=O)Oc1ccccc1C. The summed E-state index contributed by atoms with van der Waals surface area (Å²) in [5, 5.41) is 0. The van der Waals surface area contributed by atoms with Crippen molar-refractivity contribution < 1.29 is 19.1 Å². The molecular weight excluding hydrogens is 364 g/mol. The van der Waals surface area contributed by atoms with Crippen molar-refractivity contribution >= 4 is 11.9 Å². The highest BCUT2D eigenvalue weighted by molar-refractivity contribution is 5.74. The molecule has 0 radical (unpaired) electrons. The van der Waals surface area contributed by atoms with E-state index < -0.39 is 0 Å². The fourth-order valence-electron chi connectivity index (χ4n) is 3.25. The lowest BCUT2D eigenvalue weighted by Crippen LogP contribution is -2.11. The Kier molecular flexibility index (Phi) is 14.8. The Bertz CT molecular complexity index is 568. The normalized spacial score (nSPS) is 10.7.